The molecule has 0 aromatic heterocycles. The maximum absolute atomic E-state index is 10.6. The van der Waals surface area contributed by atoms with Crippen LogP contribution in [0, 0.1) is 5.92 Å². The van der Waals surface area contributed by atoms with Crippen molar-refractivity contribution in [3.63, 3.8) is 0 Å². The number of cyclic esters (lactones) is 1. The molecule has 1 rings (SSSR count). The van der Waals surface area contributed by atoms with Gasteiger partial charge in [0, 0.05) is 0 Å². The number of carbonyl (C=O) groups is 2. The van der Waals surface area contributed by atoms with E-state index < -0.39 is 24.3 Å². The lowest BCUT2D eigenvalue weighted by Gasteiger charge is -2.00. The molecule has 0 radical (unpaired) electrons. The molecule has 0 spiro atoms. The number of hydrogen-bond donors (Lipinski definition) is 2. The third-order valence-electron chi connectivity index (χ3n) is 1.32. The van der Waals surface area contributed by atoms with Gasteiger partial charge < -0.3 is 14.9 Å². The minimum absolute atomic E-state index is 0.322. The molecule has 1 atom stereocenters. The highest BCUT2D eigenvalue weighted by Crippen LogP contribution is 2.20. The van der Waals surface area contributed by atoms with Gasteiger partial charge in [-0.1, -0.05) is 0 Å². The summed E-state index contributed by atoms with van der Waals surface area (Å²) in [5, 5.41) is 17.1. The number of esters is 1. The number of carbonyl (C=O) groups excluding carboxylic acids is 1. The lowest BCUT2D eigenvalue weighted by atomic mass is 10.1. The van der Waals surface area contributed by atoms with Crippen LogP contribution in [0.1, 0.15) is 6.42 Å². The van der Waals surface area contributed by atoms with E-state index in [0.717, 1.165) is 6.26 Å². The molecule has 0 saturated carbocycles. The Morgan fingerprint density at radius 1 is 1.73 bits per heavy atom. The predicted molar refractivity (Wildman–Crippen MR) is 32.5 cm³/mol. The molecule has 0 bridgehead atoms. The van der Waals surface area contributed by atoms with Gasteiger partial charge in [0.05, 0.1) is 6.42 Å². The molecule has 11 heavy (non-hydrogen) atoms. The molecule has 2 N–H and O–H groups in total. The van der Waals surface area contributed by atoms with Gasteiger partial charge in [-0.2, -0.15) is 0 Å². The van der Waals surface area contributed by atoms with Crippen molar-refractivity contribution in [2.45, 2.75) is 6.42 Å². The van der Waals surface area contributed by atoms with E-state index in [1.54, 1.807) is 0 Å². The number of ether oxygens (including phenoxy) is 1. The van der Waals surface area contributed by atoms with E-state index in [4.69, 9.17) is 10.2 Å². The van der Waals surface area contributed by atoms with E-state index in [1.165, 1.54) is 0 Å². The number of aliphatic hydroxyl groups excluding tert-OH is 1. The van der Waals surface area contributed by atoms with Crippen LogP contribution in [-0.2, 0) is 14.3 Å². The Hall–Kier alpha value is -1.52. The van der Waals surface area contributed by atoms with Crippen LogP contribution >= 0.6 is 0 Å². The zero-order valence-electron chi connectivity index (χ0n) is 5.48. The summed E-state index contributed by atoms with van der Waals surface area (Å²) < 4.78 is 4.26. The molecule has 0 aliphatic carbocycles. The first-order valence-corrected chi connectivity index (χ1v) is 2.92. The van der Waals surface area contributed by atoms with Crippen LogP contribution in [0.25, 0.3) is 0 Å². The molecule has 1 aliphatic rings. The zero-order chi connectivity index (χ0) is 8.43. The largest absolute Gasteiger partial charge is 0.508 e. The van der Waals surface area contributed by atoms with Gasteiger partial charge in [0.25, 0.3) is 0 Å². The molecule has 60 valence electrons. The first kappa shape index (κ1) is 7.59. The van der Waals surface area contributed by atoms with Crippen molar-refractivity contribution >= 4 is 11.9 Å². The Kier molecular flexibility index (Phi) is 1.80. The smallest absolute Gasteiger partial charge is 0.322 e. The fraction of sp³-hybridized carbons (Fsp3) is 0.333. The van der Waals surface area contributed by atoms with Gasteiger partial charge in [-0.3, -0.25) is 9.59 Å². The van der Waals surface area contributed by atoms with Crippen LogP contribution in [0.15, 0.2) is 12.0 Å². The second-order valence-electron chi connectivity index (χ2n) is 2.13. The number of aliphatic hydroxyl groups is 1. The molecule has 1 aliphatic heterocycles. The molecule has 1 unspecified atom stereocenters. The third-order valence-corrected chi connectivity index (χ3v) is 1.32. The Labute approximate surface area is 61.9 Å². The number of carboxylic acid groups (broad SMARTS) is 1. The van der Waals surface area contributed by atoms with Gasteiger partial charge in [0.2, 0.25) is 0 Å². The van der Waals surface area contributed by atoms with Crippen molar-refractivity contribution in [2.75, 3.05) is 0 Å². The van der Waals surface area contributed by atoms with Crippen molar-refractivity contribution in [2.24, 2.45) is 5.92 Å². The summed E-state index contributed by atoms with van der Waals surface area (Å²) in [5.41, 5.74) is 0. The first-order chi connectivity index (χ1) is 5.11. The van der Waals surface area contributed by atoms with E-state index in [1.807, 2.05) is 0 Å². The third kappa shape index (κ3) is 1.49. The standard InChI is InChI=1S/C6H6O5/c7-4-2-11-6(10)3(4)1-5(8)9/h2-3,7H,1H2,(H,8,9). The topological polar surface area (TPSA) is 83.8 Å². The number of rotatable bonds is 2. The highest BCUT2D eigenvalue weighted by Gasteiger charge is 2.32. The number of carboxylic acids is 1. The van der Waals surface area contributed by atoms with E-state index in [2.05, 4.69) is 4.74 Å². The van der Waals surface area contributed by atoms with Gasteiger partial charge in [0.1, 0.15) is 17.9 Å². The van der Waals surface area contributed by atoms with Crippen LogP contribution in [0.3, 0.4) is 0 Å². The van der Waals surface area contributed by atoms with Crippen LogP contribution in [0.2, 0.25) is 0 Å². The van der Waals surface area contributed by atoms with Crippen molar-refractivity contribution in [1.29, 1.82) is 0 Å². The summed E-state index contributed by atoms with van der Waals surface area (Å²) in [6.07, 6.45) is 0.428. The minimum Gasteiger partial charge on any atom is -0.508 e. The van der Waals surface area contributed by atoms with E-state index in [0.29, 0.717) is 0 Å². The number of hydrogen-bond acceptors (Lipinski definition) is 4. The van der Waals surface area contributed by atoms with Gasteiger partial charge >= 0.3 is 11.9 Å². The highest BCUT2D eigenvalue weighted by molar-refractivity contribution is 5.83. The Balaban J connectivity index is 2.63. The molecule has 0 fully saturated rings. The molecular formula is C6H6O5. The second kappa shape index (κ2) is 2.61. The SMILES string of the molecule is O=C(O)CC1C(=O)OC=C1O. The van der Waals surface area contributed by atoms with E-state index >= 15 is 0 Å². The second-order valence-corrected chi connectivity index (χ2v) is 2.13. The van der Waals surface area contributed by atoms with Gasteiger partial charge in [-0.15, -0.1) is 0 Å². The van der Waals surface area contributed by atoms with Crippen molar-refractivity contribution in [3.8, 4) is 0 Å². The van der Waals surface area contributed by atoms with E-state index in [-0.39, 0.29) is 5.76 Å². The summed E-state index contributed by atoms with van der Waals surface area (Å²) >= 11 is 0. The zero-order valence-corrected chi connectivity index (χ0v) is 5.48. The summed E-state index contributed by atoms with van der Waals surface area (Å²) in [4.78, 5) is 20.7. The van der Waals surface area contributed by atoms with Crippen molar-refractivity contribution in [3.05, 3.63) is 12.0 Å². The van der Waals surface area contributed by atoms with Crippen LogP contribution in [0.4, 0.5) is 0 Å². The summed E-state index contributed by atoms with van der Waals surface area (Å²) in [6, 6.07) is 0. The van der Waals surface area contributed by atoms with Crippen LogP contribution in [-0.4, -0.2) is 22.2 Å². The molecule has 5 heteroatoms. The summed E-state index contributed by atoms with van der Waals surface area (Å²) in [6.45, 7) is 0. The highest BCUT2D eigenvalue weighted by atomic mass is 16.5. The maximum atomic E-state index is 10.6. The molecule has 5 nitrogen and oxygen atoms in total. The molecule has 0 amide bonds. The summed E-state index contributed by atoms with van der Waals surface area (Å²) in [5.74, 6) is -3.20. The van der Waals surface area contributed by atoms with Crippen LogP contribution < -0.4 is 0 Å². The Bertz CT molecular complexity index is 229. The molecule has 1 heterocycles. The first-order valence-electron chi connectivity index (χ1n) is 2.92. The Morgan fingerprint density at radius 3 is 2.73 bits per heavy atom. The summed E-state index contributed by atoms with van der Waals surface area (Å²) in [7, 11) is 0. The van der Waals surface area contributed by atoms with E-state index in [9.17, 15) is 9.59 Å². The fourth-order valence-corrected chi connectivity index (χ4v) is 0.766. The van der Waals surface area contributed by atoms with Gasteiger partial charge in [-0.05, 0) is 0 Å². The Morgan fingerprint density at radius 2 is 2.36 bits per heavy atom. The molecule has 0 aromatic rings. The number of aliphatic carboxylic acids is 1. The average molecular weight is 158 g/mol. The van der Waals surface area contributed by atoms with Crippen molar-refractivity contribution in [1.82, 2.24) is 0 Å². The maximum Gasteiger partial charge on any atom is 0.322 e. The molecular weight excluding hydrogens is 152 g/mol. The molecule has 0 saturated heterocycles. The normalized spacial score (nSPS) is 22.7. The average Bonchev–Trinajstić information content (AvgIpc) is 2.18. The fourth-order valence-electron chi connectivity index (χ4n) is 0.766. The van der Waals surface area contributed by atoms with Crippen LogP contribution in [0.5, 0.6) is 0 Å². The monoisotopic (exact) mass is 158 g/mol. The van der Waals surface area contributed by atoms with Gasteiger partial charge in [-0.25, -0.2) is 0 Å². The van der Waals surface area contributed by atoms with Gasteiger partial charge in [0.15, 0.2) is 0 Å². The quantitative estimate of drug-likeness (QED) is 0.554. The lowest BCUT2D eigenvalue weighted by Crippen LogP contribution is -2.15. The molecule has 0 aromatic carbocycles. The van der Waals surface area contributed by atoms with Crippen molar-refractivity contribution < 1.29 is 24.5 Å². The lowest BCUT2D eigenvalue weighted by molar-refractivity contribution is -0.146. The minimum atomic E-state index is -1.14. The predicted octanol–water partition coefficient (Wildman–Crippen LogP) is 0.0335.